The van der Waals surface area contributed by atoms with Crippen LogP contribution in [0.25, 0.3) is 0 Å². The fourth-order valence-corrected chi connectivity index (χ4v) is 2.38. The van der Waals surface area contributed by atoms with Crippen molar-refractivity contribution in [3.8, 4) is 0 Å². The van der Waals surface area contributed by atoms with Gasteiger partial charge in [-0.1, -0.05) is 0 Å². The molecule has 1 amide bonds. The number of ether oxygens (including phenoxy) is 2. The van der Waals surface area contributed by atoms with E-state index in [1.165, 1.54) is 7.11 Å². The second kappa shape index (κ2) is 7.22. The second-order valence-corrected chi connectivity index (χ2v) is 5.18. The van der Waals surface area contributed by atoms with Gasteiger partial charge in [0.25, 0.3) is 0 Å². The molecule has 0 N–H and O–H groups in total. The van der Waals surface area contributed by atoms with E-state index in [1.54, 1.807) is 36.2 Å². The molecule has 0 saturated carbocycles. The van der Waals surface area contributed by atoms with E-state index >= 15 is 0 Å². The first-order chi connectivity index (χ1) is 10.1. The van der Waals surface area contributed by atoms with Crippen LogP contribution < -0.4 is 4.90 Å². The molecule has 1 fully saturated rings. The Balaban J connectivity index is 1.96. The molecule has 0 bridgehead atoms. The molecule has 5 nitrogen and oxygen atoms in total. The number of carbonyl (C=O) groups is 2. The summed E-state index contributed by atoms with van der Waals surface area (Å²) >= 11 is 0. The number of benzene rings is 1. The van der Waals surface area contributed by atoms with E-state index in [0.29, 0.717) is 12.0 Å². The van der Waals surface area contributed by atoms with Crippen molar-refractivity contribution in [2.24, 2.45) is 0 Å². The van der Waals surface area contributed by atoms with E-state index in [-0.39, 0.29) is 18.0 Å². The maximum Gasteiger partial charge on any atom is 0.337 e. The third kappa shape index (κ3) is 4.04. The lowest BCUT2D eigenvalue weighted by molar-refractivity contribution is -0.122. The van der Waals surface area contributed by atoms with Crippen LogP contribution in [0.4, 0.5) is 5.69 Å². The summed E-state index contributed by atoms with van der Waals surface area (Å²) in [6.07, 6.45) is 3.57. The Bertz CT molecular complexity index is 492. The lowest BCUT2D eigenvalue weighted by atomic mass is 10.1. The molecule has 0 aliphatic carbocycles. The molecule has 1 aromatic carbocycles. The van der Waals surface area contributed by atoms with Gasteiger partial charge in [0, 0.05) is 19.3 Å². The Kier molecular flexibility index (Phi) is 5.33. The minimum Gasteiger partial charge on any atom is -0.465 e. The highest BCUT2D eigenvalue weighted by atomic mass is 16.5. The molecule has 1 aromatic rings. The van der Waals surface area contributed by atoms with Crippen molar-refractivity contribution in [1.29, 1.82) is 0 Å². The van der Waals surface area contributed by atoms with Gasteiger partial charge in [-0.2, -0.15) is 0 Å². The second-order valence-electron chi connectivity index (χ2n) is 5.18. The predicted molar refractivity (Wildman–Crippen MR) is 79.4 cm³/mol. The maximum absolute atomic E-state index is 12.2. The number of nitrogens with zero attached hydrogens (tertiary/aromatic N) is 1. The van der Waals surface area contributed by atoms with Crippen molar-refractivity contribution in [2.75, 3.05) is 25.7 Å². The molecule has 21 heavy (non-hydrogen) atoms. The van der Waals surface area contributed by atoms with Crippen molar-refractivity contribution in [2.45, 2.75) is 31.8 Å². The first-order valence-corrected chi connectivity index (χ1v) is 7.18. The predicted octanol–water partition coefficient (Wildman–Crippen LogP) is 2.40. The van der Waals surface area contributed by atoms with Gasteiger partial charge in [-0.25, -0.2) is 4.79 Å². The number of anilines is 1. The number of hydrogen-bond acceptors (Lipinski definition) is 4. The molecule has 1 heterocycles. The van der Waals surface area contributed by atoms with Crippen molar-refractivity contribution >= 4 is 17.6 Å². The van der Waals surface area contributed by atoms with E-state index in [1.807, 2.05) is 0 Å². The monoisotopic (exact) mass is 291 g/mol. The summed E-state index contributed by atoms with van der Waals surface area (Å²) in [6, 6.07) is 6.79. The average Bonchev–Trinajstić information content (AvgIpc) is 2.54. The largest absolute Gasteiger partial charge is 0.465 e. The van der Waals surface area contributed by atoms with E-state index in [0.717, 1.165) is 31.6 Å². The van der Waals surface area contributed by atoms with Crippen molar-refractivity contribution < 1.29 is 19.1 Å². The van der Waals surface area contributed by atoms with E-state index in [4.69, 9.17) is 4.74 Å². The van der Waals surface area contributed by atoms with Crippen LogP contribution in [0.2, 0.25) is 0 Å². The van der Waals surface area contributed by atoms with Crippen LogP contribution in [-0.4, -0.2) is 38.7 Å². The fraction of sp³-hybridized carbons (Fsp3) is 0.500. The zero-order chi connectivity index (χ0) is 15.2. The Morgan fingerprint density at radius 2 is 2.00 bits per heavy atom. The maximum atomic E-state index is 12.2. The molecule has 5 heteroatoms. The molecule has 1 aliphatic heterocycles. The van der Waals surface area contributed by atoms with Crippen LogP contribution in [0, 0.1) is 0 Å². The number of esters is 1. The summed E-state index contributed by atoms with van der Waals surface area (Å²) in [4.78, 5) is 25.2. The molecule has 2 rings (SSSR count). The highest BCUT2D eigenvalue weighted by Crippen LogP contribution is 2.19. The Hall–Kier alpha value is -1.88. The number of hydrogen-bond donors (Lipinski definition) is 0. The average molecular weight is 291 g/mol. The quantitative estimate of drug-likeness (QED) is 0.799. The Labute approximate surface area is 124 Å². The highest BCUT2D eigenvalue weighted by molar-refractivity contribution is 5.94. The zero-order valence-corrected chi connectivity index (χ0v) is 12.5. The summed E-state index contributed by atoms with van der Waals surface area (Å²) in [7, 11) is 3.08. The van der Waals surface area contributed by atoms with Gasteiger partial charge >= 0.3 is 5.97 Å². The van der Waals surface area contributed by atoms with Gasteiger partial charge in [0.1, 0.15) is 0 Å². The van der Waals surface area contributed by atoms with Gasteiger partial charge < -0.3 is 14.4 Å². The molecule has 114 valence electrons. The summed E-state index contributed by atoms with van der Waals surface area (Å²) in [5, 5.41) is 0. The van der Waals surface area contributed by atoms with Crippen LogP contribution in [0.15, 0.2) is 24.3 Å². The number of methoxy groups -OCH3 is 1. The molecule has 1 atom stereocenters. The molecular weight excluding hydrogens is 270 g/mol. The van der Waals surface area contributed by atoms with Gasteiger partial charge in [-0.15, -0.1) is 0 Å². The lowest BCUT2D eigenvalue weighted by Gasteiger charge is -2.25. The SMILES string of the molecule is COC(=O)c1ccc(N(C)C(=O)CC2CCCCO2)cc1. The van der Waals surface area contributed by atoms with E-state index in [2.05, 4.69) is 4.74 Å². The minimum absolute atomic E-state index is 0.0210. The summed E-state index contributed by atoms with van der Waals surface area (Å²) in [5.41, 5.74) is 1.22. The van der Waals surface area contributed by atoms with Crippen LogP contribution in [0.3, 0.4) is 0 Å². The molecule has 0 aromatic heterocycles. The normalized spacial score (nSPS) is 18.1. The molecule has 0 spiro atoms. The van der Waals surface area contributed by atoms with Crippen LogP contribution in [0.1, 0.15) is 36.0 Å². The van der Waals surface area contributed by atoms with Gasteiger partial charge in [-0.3, -0.25) is 4.79 Å². The van der Waals surface area contributed by atoms with Gasteiger partial charge in [-0.05, 0) is 43.5 Å². The third-order valence-electron chi connectivity index (χ3n) is 3.73. The zero-order valence-electron chi connectivity index (χ0n) is 12.5. The summed E-state index contributed by atoms with van der Waals surface area (Å²) in [6.45, 7) is 0.746. The lowest BCUT2D eigenvalue weighted by Crippen LogP contribution is -2.32. The standard InChI is InChI=1S/C16H21NO4/c1-17(15(18)11-14-5-3-4-10-21-14)13-8-6-12(7-9-13)16(19)20-2/h6-9,14H,3-5,10-11H2,1-2H3. The number of amides is 1. The first kappa shape index (κ1) is 15.5. The van der Waals surface area contributed by atoms with Crippen molar-refractivity contribution in [3.63, 3.8) is 0 Å². The molecule has 0 radical (unpaired) electrons. The van der Waals surface area contributed by atoms with E-state index < -0.39 is 0 Å². The topological polar surface area (TPSA) is 55.8 Å². The van der Waals surface area contributed by atoms with Gasteiger partial charge in [0.05, 0.1) is 25.2 Å². The van der Waals surface area contributed by atoms with Crippen molar-refractivity contribution in [3.05, 3.63) is 29.8 Å². The van der Waals surface area contributed by atoms with Crippen LogP contribution in [0.5, 0.6) is 0 Å². The Morgan fingerprint density at radius 1 is 1.29 bits per heavy atom. The summed E-state index contributed by atoms with van der Waals surface area (Å²) in [5.74, 6) is -0.362. The molecule has 1 saturated heterocycles. The Morgan fingerprint density at radius 3 is 2.57 bits per heavy atom. The molecular formula is C16H21NO4. The molecule has 1 unspecified atom stereocenters. The minimum atomic E-state index is -0.383. The molecule has 1 aliphatic rings. The van der Waals surface area contributed by atoms with Crippen molar-refractivity contribution in [1.82, 2.24) is 0 Å². The third-order valence-corrected chi connectivity index (χ3v) is 3.73. The van der Waals surface area contributed by atoms with Crippen LogP contribution in [-0.2, 0) is 14.3 Å². The summed E-state index contributed by atoms with van der Waals surface area (Å²) < 4.78 is 10.2. The van der Waals surface area contributed by atoms with Gasteiger partial charge in [0.2, 0.25) is 5.91 Å². The number of rotatable bonds is 4. The van der Waals surface area contributed by atoms with E-state index in [9.17, 15) is 9.59 Å². The number of carbonyl (C=O) groups excluding carboxylic acids is 2. The fourth-order valence-electron chi connectivity index (χ4n) is 2.38. The first-order valence-electron chi connectivity index (χ1n) is 7.18. The smallest absolute Gasteiger partial charge is 0.337 e. The van der Waals surface area contributed by atoms with Gasteiger partial charge in [0.15, 0.2) is 0 Å². The highest BCUT2D eigenvalue weighted by Gasteiger charge is 2.20. The van der Waals surface area contributed by atoms with Crippen LogP contribution >= 0.6 is 0 Å².